The highest BCUT2D eigenvalue weighted by Gasteiger charge is 2.25. The minimum atomic E-state index is 1.14. The summed E-state index contributed by atoms with van der Waals surface area (Å²) in [7, 11) is 0. The Hall–Kier alpha value is -5.90. The van der Waals surface area contributed by atoms with Crippen LogP contribution < -0.4 is 4.90 Å². The standard InChI is InChI=1S/C44H28N2S/c1-2-17-32(18-3-1)46-39-22-10-8-20-35(39)37-28-40(44-42(43(37)46)36-21-9-11-24-41(36)47-44)45(33-26-25-29-13-4-5-15-31(29)27-33)38-23-12-16-30-14-6-7-19-34(30)38/h1-28H. The molecule has 0 spiro atoms. The fourth-order valence-electron chi connectivity index (χ4n) is 7.46. The molecule has 0 aliphatic heterocycles. The molecule has 10 rings (SSSR count). The van der Waals surface area contributed by atoms with Gasteiger partial charge in [-0.05, 0) is 64.7 Å². The molecule has 10 aromatic rings. The zero-order valence-electron chi connectivity index (χ0n) is 25.5. The monoisotopic (exact) mass is 616 g/mol. The molecule has 0 unspecified atom stereocenters. The number of nitrogens with zero attached hydrogens (tertiary/aromatic N) is 2. The molecule has 0 amide bonds. The molecule has 47 heavy (non-hydrogen) atoms. The van der Waals surface area contributed by atoms with Gasteiger partial charge in [0.1, 0.15) is 0 Å². The summed E-state index contributed by atoms with van der Waals surface area (Å²) in [6.07, 6.45) is 0. The molecule has 220 valence electrons. The van der Waals surface area contributed by atoms with Gasteiger partial charge in [-0.15, -0.1) is 11.3 Å². The highest BCUT2D eigenvalue weighted by Crippen LogP contribution is 2.51. The molecule has 2 heterocycles. The van der Waals surface area contributed by atoms with Crippen LogP contribution in [0.2, 0.25) is 0 Å². The van der Waals surface area contributed by atoms with E-state index in [4.69, 9.17) is 0 Å². The summed E-state index contributed by atoms with van der Waals surface area (Å²) in [5.41, 5.74) is 7.14. The van der Waals surface area contributed by atoms with Gasteiger partial charge in [-0.3, -0.25) is 0 Å². The van der Waals surface area contributed by atoms with Gasteiger partial charge in [0.15, 0.2) is 0 Å². The van der Waals surface area contributed by atoms with Crippen molar-refractivity contribution >= 4 is 91.9 Å². The zero-order valence-corrected chi connectivity index (χ0v) is 26.3. The van der Waals surface area contributed by atoms with Crippen molar-refractivity contribution in [1.82, 2.24) is 4.57 Å². The molecular weight excluding hydrogens is 589 g/mol. The summed E-state index contributed by atoms with van der Waals surface area (Å²) >= 11 is 1.89. The van der Waals surface area contributed by atoms with E-state index >= 15 is 0 Å². The first-order valence-electron chi connectivity index (χ1n) is 16.0. The Kier molecular flexibility index (Phi) is 5.78. The summed E-state index contributed by atoms with van der Waals surface area (Å²) in [6.45, 7) is 0. The smallest absolute Gasteiger partial charge is 0.0648 e. The fourth-order valence-corrected chi connectivity index (χ4v) is 8.67. The molecule has 2 nitrogen and oxygen atoms in total. The summed E-state index contributed by atoms with van der Waals surface area (Å²) in [4.78, 5) is 2.50. The Labute approximate surface area is 276 Å². The minimum Gasteiger partial charge on any atom is -0.309 e. The van der Waals surface area contributed by atoms with Gasteiger partial charge in [-0.1, -0.05) is 121 Å². The zero-order chi connectivity index (χ0) is 30.9. The predicted octanol–water partition coefficient (Wildman–Crippen LogP) is 12.9. The van der Waals surface area contributed by atoms with Crippen LogP contribution in [-0.2, 0) is 0 Å². The lowest BCUT2D eigenvalue weighted by molar-refractivity contribution is 1.19. The van der Waals surface area contributed by atoms with Crippen molar-refractivity contribution in [2.45, 2.75) is 0 Å². The molecular formula is C44H28N2S. The van der Waals surface area contributed by atoms with Crippen LogP contribution in [0.25, 0.3) is 69.2 Å². The molecule has 0 N–H and O–H groups in total. The molecule has 0 bridgehead atoms. The van der Waals surface area contributed by atoms with Gasteiger partial charge in [0.05, 0.1) is 27.1 Å². The summed E-state index contributed by atoms with van der Waals surface area (Å²) in [6, 6.07) is 61.9. The van der Waals surface area contributed by atoms with Crippen LogP contribution in [0, 0.1) is 0 Å². The predicted molar refractivity (Wildman–Crippen MR) is 203 cm³/mol. The van der Waals surface area contributed by atoms with Crippen LogP contribution in [0.4, 0.5) is 17.1 Å². The van der Waals surface area contributed by atoms with E-state index < -0.39 is 0 Å². The van der Waals surface area contributed by atoms with Gasteiger partial charge in [0.25, 0.3) is 0 Å². The van der Waals surface area contributed by atoms with E-state index in [1.165, 1.54) is 80.6 Å². The Morgan fingerprint density at radius 1 is 0.447 bits per heavy atom. The lowest BCUT2D eigenvalue weighted by Crippen LogP contribution is -2.11. The Bertz CT molecular complexity index is 2800. The van der Waals surface area contributed by atoms with Crippen LogP contribution in [-0.4, -0.2) is 4.57 Å². The summed E-state index contributed by atoms with van der Waals surface area (Å²) in [5, 5.41) is 10.0. The number of para-hydroxylation sites is 2. The average molecular weight is 617 g/mol. The second-order valence-electron chi connectivity index (χ2n) is 12.1. The topological polar surface area (TPSA) is 8.17 Å². The maximum absolute atomic E-state index is 2.50. The Morgan fingerprint density at radius 2 is 1.13 bits per heavy atom. The Balaban J connectivity index is 1.41. The number of aromatic nitrogens is 1. The van der Waals surface area contributed by atoms with Crippen molar-refractivity contribution < 1.29 is 0 Å². The highest BCUT2D eigenvalue weighted by atomic mass is 32.1. The SMILES string of the molecule is c1ccc(-n2c3ccccc3c3cc(N(c4ccc5ccccc5c4)c4cccc5ccccc45)c4sc5ccccc5c4c32)cc1. The third-order valence-electron chi connectivity index (χ3n) is 9.51. The van der Waals surface area contributed by atoms with E-state index in [0.29, 0.717) is 0 Å². The summed E-state index contributed by atoms with van der Waals surface area (Å²) < 4.78 is 5.03. The van der Waals surface area contributed by atoms with Gasteiger partial charge >= 0.3 is 0 Å². The number of hydrogen-bond acceptors (Lipinski definition) is 2. The van der Waals surface area contributed by atoms with Crippen LogP contribution in [0.15, 0.2) is 170 Å². The van der Waals surface area contributed by atoms with Crippen LogP contribution >= 0.6 is 11.3 Å². The number of hydrogen-bond donors (Lipinski definition) is 0. The van der Waals surface area contributed by atoms with Crippen LogP contribution in [0.1, 0.15) is 0 Å². The second-order valence-corrected chi connectivity index (χ2v) is 13.2. The lowest BCUT2D eigenvalue weighted by Gasteiger charge is -2.28. The third-order valence-corrected chi connectivity index (χ3v) is 10.7. The molecule has 8 aromatic carbocycles. The number of benzene rings is 8. The second kappa shape index (κ2) is 10.3. The lowest BCUT2D eigenvalue weighted by atomic mass is 10.0. The molecule has 0 aliphatic rings. The van der Waals surface area contributed by atoms with Crippen molar-refractivity contribution in [3.05, 3.63) is 170 Å². The molecule has 2 aromatic heterocycles. The quantitative estimate of drug-likeness (QED) is 0.191. The number of anilines is 3. The van der Waals surface area contributed by atoms with E-state index in [1.807, 2.05) is 11.3 Å². The number of rotatable bonds is 4. The van der Waals surface area contributed by atoms with Gasteiger partial charge in [-0.2, -0.15) is 0 Å². The molecule has 0 atom stereocenters. The maximum atomic E-state index is 2.50. The van der Waals surface area contributed by atoms with E-state index in [1.54, 1.807) is 0 Å². The van der Waals surface area contributed by atoms with E-state index in [-0.39, 0.29) is 0 Å². The van der Waals surface area contributed by atoms with Crippen molar-refractivity contribution in [1.29, 1.82) is 0 Å². The molecule has 0 saturated carbocycles. The first kappa shape index (κ1) is 26.3. The Morgan fingerprint density at radius 3 is 2.00 bits per heavy atom. The normalized spacial score (nSPS) is 11.8. The maximum Gasteiger partial charge on any atom is 0.0648 e. The van der Waals surface area contributed by atoms with Crippen molar-refractivity contribution in [2.24, 2.45) is 0 Å². The largest absolute Gasteiger partial charge is 0.309 e. The van der Waals surface area contributed by atoms with Crippen LogP contribution in [0.5, 0.6) is 0 Å². The molecule has 0 aliphatic carbocycles. The first-order valence-corrected chi connectivity index (χ1v) is 16.8. The first-order chi connectivity index (χ1) is 23.3. The van der Waals surface area contributed by atoms with Gasteiger partial charge in [-0.25, -0.2) is 0 Å². The van der Waals surface area contributed by atoms with Crippen molar-refractivity contribution in [3.8, 4) is 5.69 Å². The third kappa shape index (κ3) is 3.97. The van der Waals surface area contributed by atoms with Crippen molar-refractivity contribution in [3.63, 3.8) is 0 Å². The van der Waals surface area contributed by atoms with E-state index in [2.05, 4.69) is 179 Å². The van der Waals surface area contributed by atoms with Gasteiger partial charge in [0, 0.05) is 43.0 Å². The number of thiophene rings is 1. The highest BCUT2D eigenvalue weighted by molar-refractivity contribution is 7.26. The fraction of sp³-hybridized carbons (Fsp3) is 0. The summed E-state index contributed by atoms with van der Waals surface area (Å²) in [5.74, 6) is 0. The average Bonchev–Trinajstić information content (AvgIpc) is 3.68. The minimum absolute atomic E-state index is 1.14. The van der Waals surface area contributed by atoms with E-state index in [9.17, 15) is 0 Å². The van der Waals surface area contributed by atoms with Crippen LogP contribution in [0.3, 0.4) is 0 Å². The van der Waals surface area contributed by atoms with Gasteiger partial charge < -0.3 is 9.47 Å². The molecule has 3 heteroatoms. The number of fused-ring (bicyclic) bond motifs is 9. The van der Waals surface area contributed by atoms with E-state index in [0.717, 1.165) is 5.69 Å². The molecule has 0 radical (unpaired) electrons. The molecule has 0 fully saturated rings. The van der Waals surface area contributed by atoms with Crippen molar-refractivity contribution in [2.75, 3.05) is 4.90 Å². The van der Waals surface area contributed by atoms with Gasteiger partial charge in [0.2, 0.25) is 0 Å². The molecule has 0 saturated heterocycles.